The number of aromatic hydroxyl groups is 2. The third kappa shape index (κ3) is 2.69. The van der Waals surface area contributed by atoms with Gasteiger partial charge < -0.3 is 10.2 Å². The maximum Gasteiger partial charge on any atom is 0.170 e. The second-order valence-electron chi connectivity index (χ2n) is 4.29. The lowest BCUT2D eigenvalue weighted by Crippen LogP contribution is -2.03. The molecule has 2 aromatic rings. The van der Waals surface area contributed by atoms with Crippen molar-refractivity contribution in [2.75, 3.05) is 0 Å². The fourth-order valence-corrected chi connectivity index (χ4v) is 1.77. The Balaban J connectivity index is 2.19. The van der Waals surface area contributed by atoms with Crippen molar-refractivity contribution in [2.45, 2.75) is 13.3 Å². The smallest absolute Gasteiger partial charge is 0.170 e. The molecule has 0 spiro atoms. The lowest BCUT2D eigenvalue weighted by Gasteiger charge is -2.05. The van der Waals surface area contributed by atoms with Crippen molar-refractivity contribution in [2.24, 2.45) is 0 Å². The third-order valence-corrected chi connectivity index (χ3v) is 2.75. The number of benzene rings is 2. The number of hydrogen-bond acceptors (Lipinski definition) is 3. The molecule has 2 rings (SSSR count). The molecule has 0 aliphatic heterocycles. The van der Waals surface area contributed by atoms with Crippen LogP contribution in [0.4, 0.5) is 0 Å². The van der Waals surface area contributed by atoms with Crippen molar-refractivity contribution in [3.05, 3.63) is 59.2 Å². The molecule has 0 atom stereocenters. The van der Waals surface area contributed by atoms with E-state index < -0.39 is 0 Å². The summed E-state index contributed by atoms with van der Waals surface area (Å²) in [5.41, 5.74) is 2.04. The van der Waals surface area contributed by atoms with Crippen LogP contribution in [-0.4, -0.2) is 16.0 Å². The van der Waals surface area contributed by atoms with Gasteiger partial charge in [-0.2, -0.15) is 0 Å². The minimum absolute atomic E-state index is 0.0128. The van der Waals surface area contributed by atoms with E-state index in [1.807, 2.05) is 6.92 Å². The Labute approximate surface area is 105 Å². The van der Waals surface area contributed by atoms with Gasteiger partial charge in [-0.1, -0.05) is 18.2 Å². The van der Waals surface area contributed by atoms with Crippen LogP contribution in [0.3, 0.4) is 0 Å². The molecule has 2 N–H and O–H groups in total. The van der Waals surface area contributed by atoms with Gasteiger partial charge in [0.15, 0.2) is 5.78 Å². The van der Waals surface area contributed by atoms with Crippen LogP contribution in [0.15, 0.2) is 42.5 Å². The van der Waals surface area contributed by atoms with E-state index in [4.69, 9.17) is 5.11 Å². The number of phenolic OH excluding ortho intramolecular Hbond substituents is 2. The lowest BCUT2D eigenvalue weighted by atomic mass is 10.0. The van der Waals surface area contributed by atoms with E-state index in [2.05, 4.69) is 0 Å². The number of rotatable bonds is 3. The number of ketones is 1. The highest BCUT2D eigenvalue weighted by molar-refractivity contribution is 5.99. The Hall–Kier alpha value is -2.29. The third-order valence-electron chi connectivity index (χ3n) is 2.75. The Morgan fingerprint density at radius 3 is 2.33 bits per heavy atom. The van der Waals surface area contributed by atoms with Crippen molar-refractivity contribution in [3.63, 3.8) is 0 Å². The van der Waals surface area contributed by atoms with Crippen LogP contribution in [-0.2, 0) is 6.42 Å². The Bertz CT molecular complexity index is 571. The second-order valence-corrected chi connectivity index (χ2v) is 4.29. The van der Waals surface area contributed by atoms with Gasteiger partial charge in [-0.15, -0.1) is 0 Å². The molecule has 0 amide bonds. The standard InChI is InChI=1S/C15H14O3/c1-10-2-7-13(14(17)8-10)15(18)9-11-3-5-12(16)6-4-11/h2-8,16-17H,9H2,1H3. The average molecular weight is 242 g/mol. The molecule has 0 heterocycles. The van der Waals surface area contributed by atoms with E-state index in [-0.39, 0.29) is 23.7 Å². The molecule has 92 valence electrons. The average Bonchev–Trinajstić information content (AvgIpc) is 2.32. The summed E-state index contributed by atoms with van der Waals surface area (Å²) >= 11 is 0. The first kappa shape index (κ1) is 12.2. The zero-order chi connectivity index (χ0) is 13.1. The van der Waals surface area contributed by atoms with E-state index in [0.717, 1.165) is 11.1 Å². The van der Waals surface area contributed by atoms with Crippen LogP contribution in [0, 0.1) is 6.92 Å². The van der Waals surface area contributed by atoms with Crippen molar-refractivity contribution in [3.8, 4) is 11.5 Å². The number of aryl methyl sites for hydroxylation is 1. The highest BCUT2D eigenvalue weighted by Crippen LogP contribution is 2.21. The van der Waals surface area contributed by atoms with Crippen LogP contribution >= 0.6 is 0 Å². The molecule has 0 bridgehead atoms. The molecule has 0 saturated carbocycles. The Morgan fingerprint density at radius 1 is 1.06 bits per heavy atom. The summed E-state index contributed by atoms with van der Waals surface area (Å²) in [6, 6.07) is 11.5. The van der Waals surface area contributed by atoms with Crippen molar-refractivity contribution in [1.29, 1.82) is 0 Å². The summed E-state index contributed by atoms with van der Waals surface area (Å²) in [5.74, 6) is 0.0429. The molecule has 0 radical (unpaired) electrons. The van der Waals surface area contributed by atoms with Gasteiger partial charge in [-0.25, -0.2) is 0 Å². The van der Waals surface area contributed by atoms with Gasteiger partial charge in [0.25, 0.3) is 0 Å². The number of phenols is 2. The first-order chi connectivity index (χ1) is 8.56. The molecule has 3 heteroatoms. The number of Topliss-reactive ketones (excluding diaryl/α,β-unsaturated/α-hetero) is 1. The van der Waals surface area contributed by atoms with Gasteiger partial charge >= 0.3 is 0 Å². The van der Waals surface area contributed by atoms with Crippen molar-refractivity contribution < 1.29 is 15.0 Å². The predicted molar refractivity (Wildman–Crippen MR) is 69.0 cm³/mol. The molecule has 2 aromatic carbocycles. The van der Waals surface area contributed by atoms with Gasteiger partial charge in [-0.05, 0) is 42.3 Å². The van der Waals surface area contributed by atoms with E-state index in [0.29, 0.717) is 5.56 Å². The van der Waals surface area contributed by atoms with E-state index in [1.165, 1.54) is 12.1 Å². The molecule has 0 aromatic heterocycles. The summed E-state index contributed by atoms with van der Waals surface area (Å²) in [7, 11) is 0. The maximum atomic E-state index is 12.0. The van der Waals surface area contributed by atoms with Gasteiger partial charge in [0.05, 0.1) is 5.56 Å². The fraction of sp³-hybridized carbons (Fsp3) is 0.133. The molecule has 0 aliphatic carbocycles. The summed E-state index contributed by atoms with van der Waals surface area (Å²) in [6.45, 7) is 1.86. The summed E-state index contributed by atoms with van der Waals surface area (Å²) in [6.07, 6.45) is 0.205. The van der Waals surface area contributed by atoms with E-state index in [1.54, 1.807) is 30.3 Å². The maximum absolute atomic E-state index is 12.0. The molecule has 0 unspecified atom stereocenters. The molecule has 18 heavy (non-hydrogen) atoms. The SMILES string of the molecule is Cc1ccc(C(=O)Cc2ccc(O)cc2)c(O)c1. The van der Waals surface area contributed by atoms with Crippen LogP contribution < -0.4 is 0 Å². The monoisotopic (exact) mass is 242 g/mol. The van der Waals surface area contributed by atoms with Crippen LogP contribution in [0.2, 0.25) is 0 Å². The highest BCUT2D eigenvalue weighted by Gasteiger charge is 2.11. The summed E-state index contributed by atoms with van der Waals surface area (Å²) in [4.78, 5) is 12.0. The van der Waals surface area contributed by atoms with E-state index >= 15 is 0 Å². The van der Waals surface area contributed by atoms with Crippen LogP contribution in [0.25, 0.3) is 0 Å². The second kappa shape index (κ2) is 4.92. The quantitative estimate of drug-likeness (QED) is 0.814. The number of hydrogen-bond donors (Lipinski definition) is 2. The molecular formula is C15H14O3. The molecule has 0 aliphatic rings. The van der Waals surface area contributed by atoms with Gasteiger partial charge in [0.2, 0.25) is 0 Å². The largest absolute Gasteiger partial charge is 0.508 e. The van der Waals surface area contributed by atoms with Crippen molar-refractivity contribution in [1.82, 2.24) is 0 Å². The molecular weight excluding hydrogens is 228 g/mol. The van der Waals surface area contributed by atoms with E-state index in [9.17, 15) is 9.90 Å². The topological polar surface area (TPSA) is 57.5 Å². The molecule has 0 saturated heterocycles. The molecule has 3 nitrogen and oxygen atoms in total. The summed E-state index contributed by atoms with van der Waals surface area (Å²) < 4.78 is 0. The highest BCUT2D eigenvalue weighted by atomic mass is 16.3. The zero-order valence-electron chi connectivity index (χ0n) is 10.1. The Morgan fingerprint density at radius 2 is 1.72 bits per heavy atom. The van der Waals surface area contributed by atoms with Crippen LogP contribution in [0.5, 0.6) is 11.5 Å². The number of carbonyl (C=O) groups is 1. The van der Waals surface area contributed by atoms with Gasteiger partial charge in [0, 0.05) is 6.42 Å². The van der Waals surface area contributed by atoms with Crippen LogP contribution in [0.1, 0.15) is 21.5 Å². The normalized spacial score (nSPS) is 10.3. The van der Waals surface area contributed by atoms with Gasteiger partial charge in [0.1, 0.15) is 11.5 Å². The first-order valence-corrected chi connectivity index (χ1v) is 5.67. The molecule has 0 fully saturated rings. The fourth-order valence-electron chi connectivity index (χ4n) is 1.77. The first-order valence-electron chi connectivity index (χ1n) is 5.67. The van der Waals surface area contributed by atoms with Gasteiger partial charge in [-0.3, -0.25) is 4.79 Å². The summed E-state index contributed by atoms with van der Waals surface area (Å²) in [5, 5.41) is 18.9. The minimum Gasteiger partial charge on any atom is -0.508 e. The Kier molecular flexibility index (Phi) is 3.33. The zero-order valence-corrected chi connectivity index (χ0v) is 10.1. The van der Waals surface area contributed by atoms with Crippen molar-refractivity contribution >= 4 is 5.78 Å². The lowest BCUT2D eigenvalue weighted by molar-refractivity contribution is 0.0990. The number of carbonyl (C=O) groups excluding carboxylic acids is 1. The predicted octanol–water partition coefficient (Wildman–Crippen LogP) is 2.83. The minimum atomic E-state index is -0.141.